The predicted molar refractivity (Wildman–Crippen MR) is 101 cm³/mol. The summed E-state index contributed by atoms with van der Waals surface area (Å²) >= 11 is 0. The number of nitrogens with one attached hydrogen (secondary N) is 1. The van der Waals surface area contributed by atoms with Gasteiger partial charge in [0.15, 0.2) is 0 Å². The van der Waals surface area contributed by atoms with Crippen LogP contribution in [0, 0.1) is 5.92 Å². The van der Waals surface area contributed by atoms with Crippen molar-refractivity contribution in [3.63, 3.8) is 0 Å². The minimum Gasteiger partial charge on any atom is -0.506 e. The van der Waals surface area contributed by atoms with E-state index in [0.717, 1.165) is 32.5 Å². The second-order valence-electron chi connectivity index (χ2n) is 7.38. The summed E-state index contributed by atoms with van der Waals surface area (Å²) in [6.45, 7) is 6.90. The van der Waals surface area contributed by atoms with Crippen LogP contribution in [0.1, 0.15) is 38.5 Å². The summed E-state index contributed by atoms with van der Waals surface area (Å²) in [4.78, 5) is 17.5. The SMILES string of the molecule is O=C(Nc1ccccc1O)C1CCN(CCCN2CCCCC2)CC1. The van der Waals surface area contributed by atoms with E-state index >= 15 is 0 Å². The molecule has 0 unspecified atom stereocenters. The van der Waals surface area contributed by atoms with Crippen LogP contribution in [0.25, 0.3) is 0 Å². The number of nitrogens with zero attached hydrogens (tertiary/aromatic N) is 2. The Morgan fingerprint density at radius 2 is 1.64 bits per heavy atom. The Kier molecular flexibility index (Phi) is 6.70. The Bertz CT molecular complexity index is 550. The van der Waals surface area contributed by atoms with Gasteiger partial charge in [0.05, 0.1) is 5.69 Å². The molecule has 0 radical (unpaired) electrons. The number of phenols is 1. The number of hydrogen-bond acceptors (Lipinski definition) is 4. The smallest absolute Gasteiger partial charge is 0.227 e. The summed E-state index contributed by atoms with van der Waals surface area (Å²) in [5.74, 6) is 0.221. The molecule has 138 valence electrons. The van der Waals surface area contributed by atoms with Crippen molar-refractivity contribution in [2.75, 3.05) is 44.6 Å². The first kappa shape index (κ1) is 18.2. The molecule has 2 N–H and O–H groups in total. The average Bonchev–Trinajstić information content (AvgIpc) is 2.65. The number of carbonyl (C=O) groups excluding carboxylic acids is 1. The van der Waals surface area contributed by atoms with Crippen LogP contribution < -0.4 is 5.32 Å². The number of anilines is 1. The molecule has 2 heterocycles. The van der Waals surface area contributed by atoms with Crippen LogP contribution in [0.15, 0.2) is 24.3 Å². The number of rotatable bonds is 6. The second kappa shape index (κ2) is 9.20. The van der Waals surface area contributed by atoms with E-state index < -0.39 is 0 Å². The molecule has 0 aromatic heterocycles. The van der Waals surface area contributed by atoms with E-state index in [2.05, 4.69) is 15.1 Å². The number of carbonyl (C=O) groups is 1. The first-order valence-electron chi connectivity index (χ1n) is 9.76. The molecule has 5 heteroatoms. The molecule has 2 aliphatic heterocycles. The first-order chi connectivity index (χ1) is 12.2. The molecule has 2 saturated heterocycles. The van der Waals surface area contributed by atoms with Crippen LogP contribution in [0.5, 0.6) is 5.75 Å². The molecule has 2 aliphatic rings. The summed E-state index contributed by atoms with van der Waals surface area (Å²) < 4.78 is 0. The number of para-hydroxylation sites is 2. The lowest BCUT2D eigenvalue weighted by molar-refractivity contribution is -0.121. The Hall–Kier alpha value is -1.59. The fourth-order valence-electron chi connectivity index (χ4n) is 3.93. The third-order valence-electron chi connectivity index (χ3n) is 5.52. The van der Waals surface area contributed by atoms with Gasteiger partial charge >= 0.3 is 0 Å². The Labute approximate surface area is 151 Å². The maximum absolute atomic E-state index is 12.4. The fraction of sp³-hybridized carbons (Fsp3) is 0.650. The van der Waals surface area contributed by atoms with Crippen LogP contribution in [0.4, 0.5) is 5.69 Å². The van der Waals surface area contributed by atoms with Gasteiger partial charge in [0, 0.05) is 5.92 Å². The van der Waals surface area contributed by atoms with Crippen molar-refractivity contribution in [1.82, 2.24) is 9.80 Å². The van der Waals surface area contributed by atoms with Crippen LogP contribution >= 0.6 is 0 Å². The molecule has 1 aromatic carbocycles. The molecule has 0 aliphatic carbocycles. The minimum atomic E-state index is 0.0365. The molecule has 0 atom stereocenters. The van der Waals surface area contributed by atoms with E-state index in [1.54, 1.807) is 18.2 Å². The minimum absolute atomic E-state index is 0.0365. The van der Waals surface area contributed by atoms with Gasteiger partial charge in [-0.3, -0.25) is 4.79 Å². The molecule has 3 rings (SSSR count). The number of amides is 1. The zero-order valence-corrected chi connectivity index (χ0v) is 15.1. The third-order valence-corrected chi connectivity index (χ3v) is 5.52. The van der Waals surface area contributed by atoms with Crippen molar-refractivity contribution in [2.45, 2.75) is 38.5 Å². The maximum Gasteiger partial charge on any atom is 0.227 e. The third kappa shape index (κ3) is 5.44. The van der Waals surface area contributed by atoms with Crippen molar-refractivity contribution in [3.8, 4) is 5.75 Å². The van der Waals surface area contributed by atoms with Crippen molar-refractivity contribution >= 4 is 11.6 Å². The Morgan fingerprint density at radius 1 is 1.00 bits per heavy atom. The molecule has 2 fully saturated rings. The van der Waals surface area contributed by atoms with Gasteiger partial charge in [0.25, 0.3) is 0 Å². The highest BCUT2D eigenvalue weighted by molar-refractivity contribution is 5.93. The molecular formula is C20H31N3O2. The maximum atomic E-state index is 12.4. The average molecular weight is 345 g/mol. The quantitative estimate of drug-likeness (QED) is 0.779. The van der Waals surface area contributed by atoms with E-state index in [0.29, 0.717) is 5.69 Å². The number of benzene rings is 1. The molecule has 25 heavy (non-hydrogen) atoms. The van der Waals surface area contributed by atoms with E-state index in [9.17, 15) is 9.90 Å². The zero-order valence-electron chi connectivity index (χ0n) is 15.1. The largest absolute Gasteiger partial charge is 0.506 e. The van der Waals surface area contributed by atoms with E-state index in [-0.39, 0.29) is 17.6 Å². The van der Waals surface area contributed by atoms with E-state index in [1.165, 1.54) is 45.3 Å². The molecule has 1 aromatic rings. The van der Waals surface area contributed by atoms with Crippen LogP contribution in [-0.4, -0.2) is 60.1 Å². The standard InChI is InChI=1S/C20H31N3O2/c24-19-8-3-2-7-18(19)21-20(25)17-9-15-23(16-10-17)14-6-13-22-11-4-1-5-12-22/h2-3,7-8,17,24H,1,4-6,9-16H2,(H,21,25). The van der Waals surface area contributed by atoms with Crippen LogP contribution in [-0.2, 0) is 4.79 Å². The predicted octanol–water partition coefficient (Wildman–Crippen LogP) is 2.92. The van der Waals surface area contributed by atoms with Gasteiger partial charge < -0.3 is 20.2 Å². The lowest BCUT2D eigenvalue weighted by atomic mass is 9.95. The van der Waals surface area contributed by atoms with Crippen molar-refractivity contribution < 1.29 is 9.90 Å². The number of phenolic OH excluding ortho intramolecular Hbond substituents is 1. The summed E-state index contributed by atoms with van der Waals surface area (Å²) in [6, 6.07) is 6.91. The summed E-state index contributed by atoms with van der Waals surface area (Å²) in [5, 5.41) is 12.6. The van der Waals surface area contributed by atoms with Gasteiger partial charge in [0.2, 0.25) is 5.91 Å². The number of aromatic hydroxyl groups is 1. The summed E-state index contributed by atoms with van der Waals surface area (Å²) in [5.41, 5.74) is 0.511. The van der Waals surface area contributed by atoms with Crippen molar-refractivity contribution in [1.29, 1.82) is 0 Å². The van der Waals surface area contributed by atoms with Gasteiger partial charge in [-0.2, -0.15) is 0 Å². The van der Waals surface area contributed by atoms with Crippen molar-refractivity contribution in [2.24, 2.45) is 5.92 Å². The Balaban J connectivity index is 1.35. The first-order valence-corrected chi connectivity index (χ1v) is 9.76. The summed E-state index contributed by atoms with van der Waals surface area (Å²) in [6.07, 6.45) is 7.16. The molecular weight excluding hydrogens is 314 g/mol. The lowest BCUT2D eigenvalue weighted by Crippen LogP contribution is -2.39. The second-order valence-corrected chi connectivity index (χ2v) is 7.38. The normalized spacial score (nSPS) is 20.5. The Morgan fingerprint density at radius 3 is 2.32 bits per heavy atom. The molecule has 0 bridgehead atoms. The highest BCUT2D eigenvalue weighted by Gasteiger charge is 2.25. The molecule has 0 saturated carbocycles. The van der Waals surface area contributed by atoms with Gasteiger partial charge in [0.1, 0.15) is 5.75 Å². The summed E-state index contributed by atoms with van der Waals surface area (Å²) in [7, 11) is 0. The van der Waals surface area contributed by atoms with Gasteiger partial charge in [-0.05, 0) is 83.5 Å². The highest BCUT2D eigenvalue weighted by Crippen LogP contribution is 2.24. The van der Waals surface area contributed by atoms with Crippen LogP contribution in [0.3, 0.4) is 0 Å². The number of likely N-dealkylation sites (tertiary alicyclic amines) is 2. The fourth-order valence-corrected chi connectivity index (χ4v) is 3.93. The van der Waals surface area contributed by atoms with E-state index in [1.807, 2.05) is 6.07 Å². The van der Waals surface area contributed by atoms with Crippen molar-refractivity contribution in [3.05, 3.63) is 24.3 Å². The molecule has 1 amide bonds. The lowest BCUT2D eigenvalue weighted by Gasteiger charge is -2.32. The number of hydrogen-bond donors (Lipinski definition) is 2. The number of piperidine rings is 2. The van der Waals surface area contributed by atoms with Crippen LogP contribution in [0.2, 0.25) is 0 Å². The van der Waals surface area contributed by atoms with Gasteiger partial charge in [-0.1, -0.05) is 18.6 Å². The molecule has 0 spiro atoms. The van der Waals surface area contributed by atoms with Gasteiger partial charge in [-0.25, -0.2) is 0 Å². The topological polar surface area (TPSA) is 55.8 Å². The highest BCUT2D eigenvalue weighted by atomic mass is 16.3. The van der Waals surface area contributed by atoms with E-state index in [4.69, 9.17) is 0 Å². The monoisotopic (exact) mass is 345 g/mol. The molecule has 5 nitrogen and oxygen atoms in total. The zero-order chi connectivity index (χ0) is 17.5. The van der Waals surface area contributed by atoms with Gasteiger partial charge in [-0.15, -0.1) is 0 Å².